The van der Waals surface area contributed by atoms with Crippen molar-refractivity contribution in [3.63, 3.8) is 0 Å². The quantitative estimate of drug-likeness (QED) is 0.722. The first-order chi connectivity index (χ1) is 15.3. The van der Waals surface area contributed by atoms with Gasteiger partial charge in [0.1, 0.15) is 5.75 Å². The number of nitrogens with one attached hydrogen (secondary N) is 1. The van der Waals surface area contributed by atoms with Crippen molar-refractivity contribution >= 4 is 11.9 Å². The Kier molecular flexibility index (Phi) is 5.14. The number of carboxylic acids is 1. The number of methoxy groups -OCH3 is 1. The van der Waals surface area contributed by atoms with Crippen molar-refractivity contribution in [1.29, 1.82) is 0 Å². The molecule has 3 saturated carbocycles. The number of hydrogen-bond acceptors (Lipinski definition) is 3. The minimum absolute atomic E-state index is 0.0641. The molecule has 0 radical (unpaired) electrons. The summed E-state index contributed by atoms with van der Waals surface area (Å²) in [6.45, 7) is 4.58. The Morgan fingerprint density at radius 1 is 1.09 bits per heavy atom. The molecule has 0 saturated heterocycles. The van der Waals surface area contributed by atoms with Crippen LogP contribution in [0.2, 0.25) is 0 Å². The number of amides is 1. The van der Waals surface area contributed by atoms with Gasteiger partial charge in [-0.15, -0.1) is 0 Å². The third kappa shape index (κ3) is 3.19. The van der Waals surface area contributed by atoms with Crippen LogP contribution in [-0.4, -0.2) is 30.1 Å². The van der Waals surface area contributed by atoms with Gasteiger partial charge in [0, 0.05) is 23.5 Å². The zero-order valence-electron chi connectivity index (χ0n) is 19.4. The first-order valence-electron chi connectivity index (χ1n) is 12.1. The van der Waals surface area contributed by atoms with Crippen molar-refractivity contribution in [2.24, 2.45) is 34.5 Å². The SMILES string of the molecule is COc1ccc(CC2=C[C@@]3(C)[C@@H](CC[C@@H]4[C@@H]3CC[C@]3(C)[C@@H](C(=O)O)CC[C@@H]43)NC2=O)cc1. The molecule has 0 unspecified atom stereocenters. The molecular formula is C27H35NO4. The predicted molar refractivity (Wildman–Crippen MR) is 122 cm³/mol. The van der Waals surface area contributed by atoms with Gasteiger partial charge >= 0.3 is 5.97 Å². The minimum atomic E-state index is -0.611. The van der Waals surface area contributed by atoms with Gasteiger partial charge in [-0.2, -0.15) is 0 Å². The van der Waals surface area contributed by atoms with Crippen molar-refractivity contribution in [3.05, 3.63) is 41.5 Å². The van der Waals surface area contributed by atoms with E-state index in [0.717, 1.165) is 55.4 Å². The van der Waals surface area contributed by atoms with Crippen LogP contribution in [0.5, 0.6) is 5.75 Å². The molecular weight excluding hydrogens is 402 g/mol. The second kappa shape index (κ2) is 7.64. The van der Waals surface area contributed by atoms with E-state index in [4.69, 9.17) is 4.74 Å². The fourth-order valence-corrected chi connectivity index (χ4v) is 8.02. The van der Waals surface area contributed by atoms with E-state index < -0.39 is 5.97 Å². The summed E-state index contributed by atoms with van der Waals surface area (Å²) in [5.41, 5.74) is 1.82. The summed E-state index contributed by atoms with van der Waals surface area (Å²) < 4.78 is 5.26. The Morgan fingerprint density at radius 2 is 1.84 bits per heavy atom. The molecule has 1 amide bonds. The third-order valence-electron chi connectivity index (χ3n) is 9.71. The van der Waals surface area contributed by atoms with E-state index in [-0.39, 0.29) is 28.7 Å². The fraction of sp³-hybridized carbons (Fsp3) is 0.630. The van der Waals surface area contributed by atoms with Crippen LogP contribution in [0.4, 0.5) is 0 Å². The Morgan fingerprint density at radius 3 is 2.53 bits per heavy atom. The highest BCUT2D eigenvalue weighted by molar-refractivity contribution is 5.95. The average Bonchev–Trinajstić information content (AvgIpc) is 3.13. The van der Waals surface area contributed by atoms with E-state index in [1.807, 2.05) is 24.3 Å². The van der Waals surface area contributed by atoms with E-state index >= 15 is 0 Å². The number of ether oxygens (including phenoxy) is 1. The number of carbonyl (C=O) groups excluding carboxylic acids is 1. The molecule has 3 fully saturated rings. The molecule has 0 spiro atoms. The van der Waals surface area contributed by atoms with E-state index in [2.05, 4.69) is 25.2 Å². The van der Waals surface area contributed by atoms with E-state index in [1.165, 1.54) is 0 Å². The second-order valence-electron chi connectivity index (χ2n) is 11.1. The molecule has 1 aromatic rings. The largest absolute Gasteiger partial charge is 0.497 e. The van der Waals surface area contributed by atoms with Crippen LogP contribution >= 0.6 is 0 Å². The predicted octanol–water partition coefficient (Wildman–Crippen LogP) is 4.61. The zero-order chi connectivity index (χ0) is 22.7. The molecule has 32 heavy (non-hydrogen) atoms. The maximum absolute atomic E-state index is 13.0. The summed E-state index contributed by atoms with van der Waals surface area (Å²) in [4.78, 5) is 24.9. The molecule has 5 heteroatoms. The van der Waals surface area contributed by atoms with Crippen LogP contribution in [0, 0.1) is 34.5 Å². The molecule has 5 rings (SSSR count). The van der Waals surface area contributed by atoms with E-state index in [0.29, 0.717) is 24.2 Å². The number of aliphatic carboxylic acids is 1. The Balaban J connectivity index is 1.43. The maximum Gasteiger partial charge on any atom is 0.307 e. The van der Waals surface area contributed by atoms with Gasteiger partial charge in [0.25, 0.3) is 0 Å². The van der Waals surface area contributed by atoms with Crippen LogP contribution in [0.3, 0.4) is 0 Å². The normalized spacial score (nSPS) is 40.4. The van der Waals surface area contributed by atoms with Gasteiger partial charge in [-0.1, -0.05) is 32.1 Å². The van der Waals surface area contributed by atoms with E-state index in [1.54, 1.807) is 7.11 Å². The summed E-state index contributed by atoms with van der Waals surface area (Å²) in [6, 6.07) is 8.12. The van der Waals surface area contributed by atoms with E-state index in [9.17, 15) is 14.7 Å². The summed E-state index contributed by atoms with van der Waals surface area (Å²) in [6.07, 6.45) is 8.88. The highest BCUT2D eigenvalue weighted by atomic mass is 16.5. The number of carboxylic acid groups (broad SMARTS) is 1. The van der Waals surface area contributed by atoms with Gasteiger partial charge in [-0.05, 0) is 79.4 Å². The Bertz CT molecular complexity index is 953. The monoisotopic (exact) mass is 437 g/mol. The van der Waals surface area contributed by atoms with Crippen LogP contribution in [-0.2, 0) is 16.0 Å². The smallest absolute Gasteiger partial charge is 0.307 e. The highest BCUT2D eigenvalue weighted by Crippen LogP contribution is 2.65. The molecule has 1 heterocycles. The molecule has 2 N–H and O–H groups in total. The van der Waals surface area contributed by atoms with Crippen molar-refractivity contribution in [2.75, 3.05) is 7.11 Å². The molecule has 172 valence electrons. The lowest BCUT2D eigenvalue weighted by molar-refractivity contribution is -0.150. The minimum Gasteiger partial charge on any atom is -0.497 e. The summed E-state index contributed by atoms with van der Waals surface area (Å²) in [5.74, 6) is 1.60. The lowest BCUT2D eigenvalue weighted by atomic mass is 9.47. The number of carbonyl (C=O) groups is 2. The van der Waals surface area contributed by atoms with Gasteiger partial charge in [-0.3, -0.25) is 9.59 Å². The Hall–Kier alpha value is -2.30. The van der Waals surface area contributed by atoms with Crippen LogP contribution in [0.1, 0.15) is 57.9 Å². The van der Waals surface area contributed by atoms with Gasteiger partial charge in [0.15, 0.2) is 0 Å². The summed E-state index contributed by atoms with van der Waals surface area (Å²) in [7, 11) is 1.66. The molecule has 0 aromatic heterocycles. The summed E-state index contributed by atoms with van der Waals surface area (Å²) >= 11 is 0. The van der Waals surface area contributed by atoms with Crippen molar-refractivity contribution in [1.82, 2.24) is 5.32 Å². The van der Waals surface area contributed by atoms with Gasteiger partial charge < -0.3 is 15.2 Å². The van der Waals surface area contributed by atoms with Crippen LogP contribution in [0.15, 0.2) is 35.9 Å². The first-order valence-corrected chi connectivity index (χ1v) is 12.1. The third-order valence-corrected chi connectivity index (χ3v) is 9.71. The maximum atomic E-state index is 13.0. The molecule has 0 bridgehead atoms. The molecule has 4 aliphatic rings. The number of benzene rings is 1. The highest BCUT2D eigenvalue weighted by Gasteiger charge is 2.61. The molecule has 1 aliphatic heterocycles. The van der Waals surface area contributed by atoms with Crippen molar-refractivity contribution < 1.29 is 19.4 Å². The standard InChI is InChI=1S/C27H35NO4/c1-26-13-12-21-19(20(26)9-10-22(26)25(30)31)8-11-23-27(21,2)15-17(24(29)28-23)14-16-4-6-18(32-3)7-5-16/h4-7,15,19-23H,8-14H2,1-3H3,(H,28,29)(H,30,31)/t19-,20-,21-,22+,23+,26-,27+/m0/s1. The second-order valence-corrected chi connectivity index (χ2v) is 11.1. The molecule has 7 atom stereocenters. The van der Waals surface area contributed by atoms with Crippen molar-refractivity contribution in [2.45, 2.75) is 64.8 Å². The van der Waals surface area contributed by atoms with Gasteiger partial charge in [-0.25, -0.2) is 0 Å². The first kappa shape index (κ1) is 21.5. The molecule has 3 aliphatic carbocycles. The van der Waals surface area contributed by atoms with Crippen LogP contribution < -0.4 is 10.1 Å². The number of fused-ring (bicyclic) bond motifs is 5. The number of rotatable bonds is 4. The van der Waals surface area contributed by atoms with Crippen molar-refractivity contribution in [3.8, 4) is 5.75 Å². The zero-order valence-corrected chi connectivity index (χ0v) is 19.4. The Labute approximate surface area is 190 Å². The topological polar surface area (TPSA) is 75.6 Å². The van der Waals surface area contributed by atoms with Gasteiger partial charge in [0.05, 0.1) is 13.0 Å². The van der Waals surface area contributed by atoms with Gasteiger partial charge in [0.2, 0.25) is 5.91 Å². The fourth-order valence-electron chi connectivity index (χ4n) is 8.02. The summed E-state index contributed by atoms with van der Waals surface area (Å²) in [5, 5.41) is 13.2. The lowest BCUT2D eigenvalue weighted by Gasteiger charge is -2.59. The lowest BCUT2D eigenvalue weighted by Crippen LogP contribution is -2.60. The molecule has 1 aromatic carbocycles. The average molecular weight is 438 g/mol. The van der Waals surface area contributed by atoms with Crippen LogP contribution in [0.25, 0.3) is 0 Å². The molecule has 5 nitrogen and oxygen atoms in total. The number of hydrogen-bond donors (Lipinski definition) is 2.